The van der Waals surface area contributed by atoms with Crippen LogP contribution < -0.4 is 5.32 Å². The summed E-state index contributed by atoms with van der Waals surface area (Å²) in [6.07, 6.45) is 4.35. The maximum absolute atomic E-state index is 5.39. The third-order valence-corrected chi connectivity index (χ3v) is 2.53. The summed E-state index contributed by atoms with van der Waals surface area (Å²) in [5, 5.41) is 3.35. The summed E-state index contributed by atoms with van der Waals surface area (Å²) in [6.45, 7) is 4.46. The van der Waals surface area contributed by atoms with Crippen LogP contribution in [-0.4, -0.2) is 26.3 Å². The van der Waals surface area contributed by atoms with Gasteiger partial charge in [0.05, 0.1) is 6.10 Å². The van der Waals surface area contributed by atoms with Crippen molar-refractivity contribution < 1.29 is 4.74 Å². The molecule has 2 atom stereocenters. The van der Waals surface area contributed by atoms with Crippen molar-refractivity contribution in [3.05, 3.63) is 0 Å². The van der Waals surface area contributed by atoms with E-state index in [-0.39, 0.29) is 0 Å². The molecular weight excluding hydrogens is 138 g/mol. The van der Waals surface area contributed by atoms with Gasteiger partial charge in [0.1, 0.15) is 0 Å². The summed E-state index contributed by atoms with van der Waals surface area (Å²) in [7, 11) is 1.82. The molecule has 0 amide bonds. The molecule has 0 aromatic carbocycles. The maximum atomic E-state index is 5.39. The number of hydrogen-bond acceptors (Lipinski definition) is 2. The van der Waals surface area contributed by atoms with Crippen molar-refractivity contribution in [2.24, 2.45) is 5.92 Å². The fourth-order valence-corrected chi connectivity index (χ4v) is 1.86. The van der Waals surface area contributed by atoms with E-state index >= 15 is 0 Å². The first-order valence-corrected chi connectivity index (χ1v) is 4.62. The van der Waals surface area contributed by atoms with Crippen molar-refractivity contribution in [1.29, 1.82) is 0 Å². The van der Waals surface area contributed by atoms with E-state index in [4.69, 9.17) is 4.74 Å². The highest BCUT2D eigenvalue weighted by Crippen LogP contribution is 2.20. The molecule has 0 radical (unpaired) electrons. The molecule has 0 aliphatic carbocycles. The lowest BCUT2D eigenvalue weighted by Gasteiger charge is -2.30. The quantitative estimate of drug-likeness (QED) is 0.669. The predicted molar refractivity (Wildman–Crippen MR) is 46.7 cm³/mol. The van der Waals surface area contributed by atoms with Crippen LogP contribution in [0, 0.1) is 5.92 Å². The van der Waals surface area contributed by atoms with Crippen LogP contribution in [-0.2, 0) is 4.74 Å². The minimum absolute atomic E-state index is 0.462. The summed E-state index contributed by atoms with van der Waals surface area (Å²) in [4.78, 5) is 0. The highest BCUT2D eigenvalue weighted by atomic mass is 16.5. The van der Waals surface area contributed by atoms with Crippen LogP contribution in [0.2, 0.25) is 0 Å². The van der Waals surface area contributed by atoms with Gasteiger partial charge in [-0.15, -0.1) is 0 Å². The average Bonchev–Trinajstić information content (AvgIpc) is 2.06. The van der Waals surface area contributed by atoms with Gasteiger partial charge in [-0.05, 0) is 25.3 Å². The smallest absolute Gasteiger partial charge is 0.0724 e. The van der Waals surface area contributed by atoms with Gasteiger partial charge in [-0.25, -0.2) is 0 Å². The fourth-order valence-electron chi connectivity index (χ4n) is 1.86. The molecule has 1 heterocycles. The third kappa shape index (κ3) is 2.46. The normalized spacial score (nSPS) is 32.2. The molecule has 0 bridgehead atoms. The number of hydrogen-bond donors (Lipinski definition) is 1. The molecule has 0 spiro atoms. The molecule has 2 heteroatoms. The lowest BCUT2D eigenvalue weighted by Crippen LogP contribution is -2.41. The molecular formula is C9H19NO. The molecule has 0 aromatic heterocycles. The van der Waals surface area contributed by atoms with E-state index in [0.717, 1.165) is 12.5 Å². The molecule has 1 saturated heterocycles. The average molecular weight is 157 g/mol. The molecule has 1 N–H and O–H groups in total. The second-order valence-electron chi connectivity index (χ2n) is 3.32. The Morgan fingerprint density at radius 1 is 1.55 bits per heavy atom. The third-order valence-electron chi connectivity index (χ3n) is 2.53. The molecule has 0 saturated carbocycles. The molecule has 1 aliphatic rings. The second-order valence-corrected chi connectivity index (χ2v) is 3.32. The molecule has 2 nitrogen and oxygen atoms in total. The largest absolute Gasteiger partial charge is 0.380 e. The number of rotatable bonds is 3. The zero-order valence-corrected chi connectivity index (χ0v) is 7.60. The van der Waals surface area contributed by atoms with Crippen molar-refractivity contribution in [2.45, 2.75) is 32.3 Å². The lowest BCUT2D eigenvalue weighted by atomic mass is 9.91. The van der Waals surface area contributed by atoms with Crippen molar-refractivity contribution in [1.82, 2.24) is 5.32 Å². The molecule has 1 aliphatic heterocycles. The van der Waals surface area contributed by atoms with E-state index in [0.29, 0.717) is 6.10 Å². The Balaban J connectivity index is 2.31. The van der Waals surface area contributed by atoms with Crippen LogP contribution in [0.1, 0.15) is 26.2 Å². The molecule has 1 fully saturated rings. The molecule has 66 valence electrons. The number of nitrogens with one attached hydrogen (secondary N) is 1. The van der Waals surface area contributed by atoms with Gasteiger partial charge in [0.2, 0.25) is 0 Å². The topological polar surface area (TPSA) is 21.3 Å². The summed E-state index contributed by atoms with van der Waals surface area (Å²) in [5.74, 6) is 0.797. The Morgan fingerprint density at radius 3 is 3.00 bits per heavy atom. The van der Waals surface area contributed by atoms with Crippen LogP contribution in [0.15, 0.2) is 0 Å². The van der Waals surface area contributed by atoms with Crippen molar-refractivity contribution in [3.8, 4) is 0 Å². The summed E-state index contributed by atoms with van der Waals surface area (Å²) in [6, 6.07) is 0. The first kappa shape index (κ1) is 9.01. The van der Waals surface area contributed by atoms with E-state index in [1.165, 1.54) is 25.8 Å². The van der Waals surface area contributed by atoms with E-state index < -0.39 is 0 Å². The first-order valence-electron chi connectivity index (χ1n) is 4.62. The van der Waals surface area contributed by atoms with Gasteiger partial charge >= 0.3 is 0 Å². The van der Waals surface area contributed by atoms with Crippen LogP contribution in [0.3, 0.4) is 0 Å². The van der Waals surface area contributed by atoms with Crippen LogP contribution >= 0.6 is 0 Å². The van der Waals surface area contributed by atoms with Gasteiger partial charge in [-0.3, -0.25) is 0 Å². The Kier molecular flexibility index (Phi) is 3.87. The number of piperidine rings is 1. The van der Waals surface area contributed by atoms with Gasteiger partial charge in [0, 0.05) is 13.7 Å². The Labute approximate surface area is 69.3 Å². The van der Waals surface area contributed by atoms with Crippen LogP contribution in [0.4, 0.5) is 0 Å². The van der Waals surface area contributed by atoms with Gasteiger partial charge in [-0.2, -0.15) is 0 Å². The number of methoxy groups -OCH3 is 1. The number of ether oxygens (including phenoxy) is 1. The minimum Gasteiger partial charge on any atom is -0.380 e. The summed E-state index contributed by atoms with van der Waals surface area (Å²) < 4.78 is 5.39. The van der Waals surface area contributed by atoms with Gasteiger partial charge in [-0.1, -0.05) is 13.3 Å². The minimum atomic E-state index is 0.462. The monoisotopic (exact) mass is 157 g/mol. The Bertz CT molecular complexity index is 104. The van der Waals surface area contributed by atoms with Crippen LogP contribution in [0.5, 0.6) is 0 Å². The lowest BCUT2D eigenvalue weighted by molar-refractivity contribution is 0.0303. The molecule has 0 aromatic rings. The molecule has 11 heavy (non-hydrogen) atoms. The van der Waals surface area contributed by atoms with Crippen molar-refractivity contribution in [3.63, 3.8) is 0 Å². The highest BCUT2D eigenvalue weighted by molar-refractivity contribution is 4.77. The maximum Gasteiger partial charge on any atom is 0.0724 e. The van der Waals surface area contributed by atoms with E-state index in [9.17, 15) is 0 Å². The van der Waals surface area contributed by atoms with E-state index in [2.05, 4.69) is 12.2 Å². The fraction of sp³-hybridized carbons (Fsp3) is 1.00. The second kappa shape index (κ2) is 4.73. The highest BCUT2D eigenvalue weighted by Gasteiger charge is 2.23. The van der Waals surface area contributed by atoms with Gasteiger partial charge < -0.3 is 10.1 Å². The zero-order valence-electron chi connectivity index (χ0n) is 7.60. The predicted octanol–water partition coefficient (Wildman–Crippen LogP) is 1.41. The first-order chi connectivity index (χ1) is 5.38. The summed E-state index contributed by atoms with van der Waals surface area (Å²) >= 11 is 0. The van der Waals surface area contributed by atoms with Gasteiger partial charge in [0.15, 0.2) is 0 Å². The van der Waals surface area contributed by atoms with E-state index in [1.54, 1.807) is 0 Å². The Hall–Kier alpha value is -0.0800. The molecule has 1 rings (SSSR count). The zero-order chi connectivity index (χ0) is 8.10. The van der Waals surface area contributed by atoms with Crippen molar-refractivity contribution >= 4 is 0 Å². The standard InChI is InChI=1S/C9H19NO/c1-3-4-8-5-6-10-7-9(8)11-2/h8-10H,3-7H2,1-2H3. The van der Waals surface area contributed by atoms with Crippen molar-refractivity contribution in [2.75, 3.05) is 20.2 Å². The van der Waals surface area contributed by atoms with Crippen LogP contribution in [0.25, 0.3) is 0 Å². The van der Waals surface area contributed by atoms with Gasteiger partial charge in [0.25, 0.3) is 0 Å². The Morgan fingerprint density at radius 2 is 2.36 bits per heavy atom. The summed E-state index contributed by atoms with van der Waals surface area (Å²) in [5.41, 5.74) is 0. The SMILES string of the molecule is CCCC1CCNCC1OC. The van der Waals surface area contributed by atoms with E-state index in [1.807, 2.05) is 7.11 Å². The molecule has 2 unspecified atom stereocenters.